The molecule has 0 saturated heterocycles. The molecule has 2 aromatic rings. The molecule has 1 heterocycles. The number of aryl methyl sites for hydroxylation is 1. The lowest BCUT2D eigenvalue weighted by Gasteiger charge is -2.10. The first kappa shape index (κ1) is 15.9. The molecule has 0 aliphatic carbocycles. The van der Waals surface area contributed by atoms with Gasteiger partial charge in [0.15, 0.2) is 4.34 Å². The first-order valence-electron chi connectivity index (χ1n) is 6.23. The summed E-state index contributed by atoms with van der Waals surface area (Å²) < 4.78 is 27.4. The third-order valence-corrected chi connectivity index (χ3v) is 5.28. The van der Waals surface area contributed by atoms with Crippen molar-refractivity contribution in [1.82, 2.24) is 4.98 Å². The summed E-state index contributed by atoms with van der Waals surface area (Å²) in [7, 11) is 0. The van der Waals surface area contributed by atoms with Gasteiger partial charge in [-0.3, -0.25) is 4.79 Å². The van der Waals surface area contributed by atoms with Crippen molar-refractivity contribution in [2.45, 2.75) is 29.9 Å². The minimum Gasteiger partial charge on any atom is -0.369 e. The second-order valence-electron chi connectivity index (χ2n) is 4.56. The molecule has 1 amide bonds. The Morgan fingerprint density at radius 1 is 1.48 bits per heavy atom. The third kappa shape index (κ3) is 4.01. The number of rotatable bonds is 5. The molecule has 112 valence electrons. The summed E-state index contributed by atoms with van der Waals surface area (Å²) in [5.74, 6) is -1.57. The van der Waals surface area contributed by atoms with Crippen molar-refractivity contribution in [2.75, 3.05) is 0 Å². The number of primary amides is 1. The van der Waals surface area contributed by atoms with Crippen molar-refractivity contribution in [3.8, 4) is 0 Å². The van der Waals surface area contributed by atoms with Gasteiger partial charge in [0.2, 0.25) is 5.91 Å². The summed E-state index contributed by atoms with van der Waals surface area (Å²) in [6.07, 6.45) is 0.156. The van der Waals surface area contributed by atoms with E-state index in [1.807, 2.05) is 13.8 Å². The van der Waals surface area contributed by atoms with Crippen LogP contribution in [0.4, 0.5) is 8.78 Å². The van der Waals surface area contributed by atoms with Crippen LogP contribution in [0, 0.1) is 18.6 Å². The van der Waals surface area contributed by atoms with E-state index < -0.39 is 17.5 Å². The Bertz CT molecular complexity index is 673. The number of nitrogens with two attached hydrogens (primary N) is 1. The van der Waals surface area contributed by atoms with Crippen molar-refractivity contribution in [1.29, 1.82) is 0 Å². The number of benzene rings is 1. The van der Waals surface area contributed by atoms with E-state index in [0.29, 0.717) is 5.56 Å². The zero-order valence-electron chi connectivity index (χ0n) is 11.5. The fourth-order valence-corrected chi connectivity index (χ4v) is 4.36. The highest BCUT2D eigenvalue weighted by Gasteiger charge is 2.17. The zero-order valence-corrected chi connectivity index (χ0v) is 13.2. The number of carbonyl (C=O) groups is 1. The molecule has 0 bridgehead atoms. The molecule has 1 atom stereocenters. The highest BCUT2D eigenvalue weighted by molar-refractivity contribution is 8.01. The molecule has 7 heteroatoms. The minimum atomic E-state index is -0.595. The van der Waals surface area contributed by atoms with E-state index in [2.05, 4.69) is 4.98 Å². The van der Waals surface area contributed by atoms with E-state index in [-0.39, 0.29) is 11.7 Å². The van der Waals surface area contributed by atoms with E-state index in [1.165, 1.54) is 35.2 Å². The van der Waals surface area contributed by atoms with Gasteiger partial charge in [0.05, 0.1) is 12.1 Å². The quantitative estimate of drug-likeness (QED) is 0.853. The van der Waals surface area contributed by atoms with Crippen LogP contribution in [-0.2, 0) is 11.2 Å². The molecular weight excluding hydrogens is 314 g/mol. The number of amides is 1. The van der Waals surface area contributed by atoms with Crippen LogP contribution in [0.1, 0.15) is 28.3 Å². The molecule has 0 aliphatic heterocycles. The number of nitrogens with zero attached hydrogens (tertiary/aromatic N) is 1. The number of hydrogen-bond acceptors (Lipinski definition) is 4. The predicted molar refractivity (Wildman–Crippen MR) is 80.4 cm³/mol. The Morgan fingerprint density at radius 2 is 2.19 bits per heavy atom. The SMILES string of the molecule is Cc1nc(S[C@@H](C)c2ccc(F)cc2F)sc1CC(N)=O. The maximum Gasteiger partial charge on any atom is 0.222 e. The van der Waals surface area contributed by atoms with Crippen LogP contribution in [0.2, 0.25) is 0 Å². The van der Waals surface area contributed by atoms with Gasteiger partial charge in [-0.25, -0.2) is 13.8 Å². The van der Waals surface area contributed by atoms with Gasteiger partial charge < -0.3 is 5.73 Å². The molecule has 0 unspecified atom stereocenters. The number of thiazole rings is 1. The van der Waals surface area contributed by atoms with Crippen molar-refractivity contribution in [3.05, 3.63) is 46.0 Å². The average Bonchev–Trinajstić information content (AvgIpc) is 2.68. The molecule has 0 saturated carbocycles. The second-order valence-corrected chi connectivity index (χ2v) is 7.23. The lowest BCUT2D eigenvalue weighted by Crippen LogP contribution is -2.13. The molecule has 21 heavy (non-hydrogen) atoms. The van der Waals surface area contributed by atoms with Gasteiger partial charge >= 0.3 is 0 Å². The highest BCUT2D eigenvalue weighted by atomic mass is 32.2. The molecule has 0 spiro atoms. The summed E-state index contributed by atoms with van der Waals surface area (Å²) in [6.45, 7) is 3.63. The topological polar surface area (TPSA) is 56.0 Å². The molecule has 0 aliphatic rings. The maximum atomic E-state index is 13.7. The standard InChI is InChI=1S/C14H14F2N2OS2/c1-7-12(6-13(17)19)21-14(18-7)20-8(2)10-4-3-9(15)5-11(10)16/h3-5,8H,6H2,1-2H3,(H2,17,19)/t8-/m0/s1. The van der Waals surface area contributed by atoms with Crippen molar-refractivity contribution >= 4 is 29.0 Å². The van der Waals surface area contributed by atoms with E-state index in [9.17, 15) is 13.6 Å². The monoisotopic (exact) mass is 328 g/mol. The van der Waals surface area contributed by atoms with Crippen LogP contribution in [0.25, 0.3) is 0 Å². The van der Waals surface area contributed by atoms with Crippen LogP contribution >= 0.6 is 23.1 Å². The Balaban J connectivity index is 2.15. The fraction of sp³-hybridized carbons (Fsp3) is 0.286. The average molecular weight is 328 g/mol. The van der Waals surface area contributed by atoms with Crippen molar-refractivity contribution in [3.63, 3.8) is 0 Å². The summed E-state index contributed by atoms with van der Waals surface area (Å²) in [6, 6.07) is 3.55. The van der Waals surface area contributed by atoms with E-state index in [1.54, 1.807) is 0 Å². The lowest BCUT2D eigenvalue weighted by molar-refractivity contribution is -0.117. The van der Waals surface area contributed by atoms with Crippen LogP contribution in [0.5, 0.6) is 0 Å². The van der Waals surface area contributed by atoms with Crippen LogP contribution in [0.3, 0.4) is 0 Å². The molecule has 1 aromatic heterocycles. The molecule has 2 N–H and O–H groups in total. The summed E-state index contributed by atoms with van der Waals surface area (Å²) >= 11 is 2.75. The Labute approximate surface area is 129 Å². The second kappa shape index (κ2) is 6.53. The largest absolute Gasteiger partial charge is 0.369 e. The van der Waals surface area contributed by atoms with Gasteiger partial charge in [-0.1, -0.05) is 17.8 Å². The van der Waals surface area contributed by atoms with Crippen LogP contribution in [-0.4, -0.2) is 10.9 Å². The third-order valence-electron chi connectivity index (χ3n) is 2.89. The minimum absolute atomic E-state index is 0.156. The molecule has 0 radical (unpaired) electrons. The molecular formula is C14H14F2N2OS2. The predicted octanol–water partition coefficient (Wildman–Crippen LogP) is 3.61. The van der Waals surface area contributed by atoms with Gasteiger partial charge in [-0.05, 0) is 19.9 Å². The smallest absolute Gasteiger partial charge is 0.222 e. The lowest BCUT2D eigenvalue weighted by atomic mass is 10.1. The number of aromatic nitrogens is 1. The Kier molecular flexibility index (Phi) is 4.95. The molecule has 1 aromatic carbocycles. The highest BCUT2D eigenvalue weighted by Crippen LogP contribution is 2.39. The molecule has 2 rings (SSSR count). The fourth-order valence-electron chi connectivity index (χ4n) is 1.82. The van der Waals surface area contributed by atoms with Gasteiger partial charge in [0, 0.05) is 21.8 Å². The molecule has 3 nitrogen and oxygen atoms in total. The number of carbonyl (C=O) groups excluding carboxylic acids is 1. The summed E-state index contributed by atoms with van der Waals surface area (Å²) in [4.78, 5) is 16.1. The first-order valence-corrected chi connectivity index (χ1v) is 7.92. The normalized spacial score (nSPS) is 12.4. The van der Waals surface area contributed by atoms with E-state index >= 15 is 0 Å². The first-order chi connectivity index (χ1) is 9.86. The Morgan fingerprint density at radius 3 is 2.81 bits per heavy atom. The number of halogens is 2. The summed E-state index contributed by atoms with van der Waals surface area (Å²) in [5, 5.41) is -0.211. The molecule has 0 fully saturated rings. The van der Waals surface area contributed by atoms with Gasteiger partial charge in [-0.2, -0.15) is 0 Å². The summed E-state index contributed by atoms with van der Waals surface area (Å²) in [5.41, 5.74) is 6.36. The van der Waals surface area contributed by atoms with Gasteiger partial charge in [0.25, 0.3) is 0 Å². The van der Waals surface area contributed by atoms with Crippen molar-refractivity contribution in [2.24, 2.45) is 5.73 Å². The van der Waals surface area contributed by atoms with Crippen LogP contribution < -0.4 is 5.73 Å². The maximum absolute atomic E-state index is 13.7. The van der Waals surface area contributed by atoms with Crippen LogP contribution in [0.15, 0.2) is 22.5 Å². The van der Waals surface area contributed by atoms with Crippen molar-refractivity contribution < 1.29 is 13.6 Å². The number of hydrogen-bond donors (Lipinski definition) is 1. The van der Waals surface area contributed by atoms with Gasteiger partial charge in [0.1, 0.15) is 11.6 Å². The zero-order chi connectivity index (χ0) is 15.6. The van der Waals surface area contributed by atoms with E-state index in [0.717, 1.165) is 21.0 Å². The van der Waals surface area contributed by atoms with E-state index in [4.69, 9.17) is 5.73 Å². The van der Waals surface area contributed by atoms with Gasteiger partial charge in [-0.15, -0.1) is 11.3 Å². The Hall–Kier alpha value is -1.47. The number of thioether (sulfide) groups is 1.